The molecule has 0 radical (unpaired) electrons. The van der Waals surface area contributed by atoms with Gasteiger partial charge in [0.1, 0.15) is 5.75 Å². The van der Waals surface area contributed by atoms with Gasteiger partial charge < -0.3 is 9.64 Å². The van der Waals surface area contributed by atoms with Crippen LogP contribution in [0.25, 0.3) is 6.08 Å². The Kier molecular flexibility index (Phi) is 4.90. The van der Waals surface area contributed by atoms with Gasteiger partial charge in [0, 0.05) is 24.3 Å². The highest BCUT2D eigenvalue weighted by Crippen LogP contribution is 2.26. The fourth-order valence-corrected chi connectivity index (χ4v) is 1.80. The predicted octanol–water partition coefficient (Wildman–Crippen LogP) is 3.57. The fraction of sp³-hybridized carbons (Fsp3) is 0.429. The van der Waals surface area contributed by atoms with E-state index in [2.05, 4.69) is 31.4 Å². The van der Waals surface area contributed by atoms with E-state index in [1.807, 2.05) is 25.1 Å². The van der Waals surface area contributed by atoms with Crippen LogP contribution in [-0.2, 0) is 0 Å². The number of hydrogen-bond donors (Lipinski definition) is 0. The van der Waals surface area contributed by atoms with Gasteiger partial charge in [-0.2, -0.15) is 0 Å². The van der Waals surface area contributed by atoms with Gasteiger partial charge >= 0.3 is 0 Å². The molecule has 16 heavy (non-hydrogen) atoms. The van der Waals surface area contributed by atoms with E-state index in [0.717, 1.165) is 24.4 Å². The van der Waals surface area contributed by atoms with Crippen molar-refractivity contribution in [3.8, 4) is 5.75 Å². The smallest absolute Gasteiger partial charge is 0.120 e. The third kappa shape index (κ3) is 2.78. The van der Waals surface area contributed by atoms with E-state index < -0.39 is 0 Å². The first kappa shape index (κ1) is 12.6. The number of anilines is 1. The molecule has 1 rings (SSSR count). The molecule has 1 aromatic carbocycles. The number of hydrogen-bond acceptors (Lipinski definition) is 2. The molecule has 0 aliphatic heterocycles. The Morgan fingerprint density at radius 2 is 1.94 bits per heavy atom. The first-order chi connectivity index (χ1) is 7.76. The second-order valence-corrected chi connectivity index (χ2v) is 3.53. The normalized spacial score (nSPS) is 9.94. The van der Waals surface area contributed by atoms with Crippen molar-refractivity contribution in [2.24, 2.45) is 0 Å². The first-order valence-corrected chi connectivity index (χ1v) is 5.91. The molecule has 0 saturated carbocycles. The van der Waals surface area contributed by atoms with Crippen LogP contribution >= 0.6 is 0 Å². The van der Waals surface area contributed by atoms with Crippen LogP contribution in [0, 0.1) is 0 Å². The van der Waals surface area contributed by atoms with E-state index in [1.165, 1.54) is 5.69 Å². The summed E-state index contributed by atoms with van der Waals surface area (Å²) in [4.78, 5) is 2.31. The second kappa shape index (κ2) is 6.21. The van der Waals surface area contributed by atoms with Crippen LogP contribution in [0.4, 0.5) is 5.69 Å². The highest BCUT2D eigenvalue weighted by atomic mass is 16.5. The summed E-state index contributed by atoms with van der Waals surface area (Å²) in [6.07, 6.45) is 1.89. The molecule has 0 amide bonds. The predicted molar refractivity (Wildman–Crippen MR) is 71.3 cm³/mol. The van der Waals surface area contributed by atoms with Gasteiger partial charge in [-0.3, -0.25) is 0 Å². The SMILES string of the molecule is C=Cc1cc(OCC)ccc1N(CC)CC. The van der Waals surface area contributed by atoms with Gasteiger partial charge in [-0.1, -0.05) is 12.7 Å². The van der Waals surface area contributed by atoms with Crippen molar-refractivity contribution in [3.05, 3.63) is 30.3 Å². The van der Waals surface area contributed by atoms with E-state index in [9.17, 15) is 0 Å². The Hall–Kier alpha value is -1.44. The van der Waals surface area contributed by atoms with Crippen molar-refractivity contribution >= 4 is 11.8 Å². The lowest BCUT2D eigenvalue weighted by Crippen LogP contribution is -2.22. The summed E-state index contributed by atoms with van der Waals surface area (Å²) in [5.74, 6) is 0.910. The third-order valence-electron chi connectivity index (χ3n) is 2.63. The number of benzene rings is 1. The summed E-state index contributed by atoms with van der Waals surface area (Å²) >= 11 is 0. The van der Waals surface area contributed by atoms with E-state index in [0.29, 0.717) is 6.61 Å². The highest BCUT2D eigenvalue weighted by molar-refractivity contribution is 5.68. The number of nitrogens with zero attached hydrogens (tertiary/aromatic N) is 1. The molecule has 0 heterocycles. The van der Waals surface area contributed by atoms with E-state index in [4.69, 9.17) is 4.74 Å². The van der Waals surface area contributed by atoms with Gasteiger partial charge in [-0.15, -0.1) is 0 Å². The Bertz CT molecular complexity index is 343. The molecule has 0 aromatic heterocycles. The zero-order valence-corrected chi connectivity index (χ0v) is 10.5. The van der Waals surface area contributed by atoms with Crippen LogP contribution in [-0.4, -0.2) is 19.7 Å². The lowest BCUT2D eigenvalue weighted by Gasteiger charge is -2.23. The summed E-state index contributed by atoms with van der Waals surface area (Å²) in [6, 6.07) is 6.17. The maximum Gasteiger partial charge on any atom is 0.120 e. The Labute approximate surface area is 98.5 Å². The summed E-state index contributed by atoms with van der Waals surface area (Å²) < 4.78 is 5.48. The summed E-state index contributed by atoms with van der Waals surface area (Å²) in [6.45, 7) is 12.9. The molecule has 2 nitrogen and oxygen atoms in total. The Morgan fingerprint density at radius 3 is 2.44 bits per heavy atom. The highest BCUT2D eigenvalue weighted by Gasteiger charge is 2.07. The molecule has 0 N–H and O–H groups in total. The first-order valence-electron chi connectivity index (χ1n) is 5.91. The number of rotatable bonds is 6. The molecule has 88 valence electrons. The van der Waals surface area contributed by atoms with Crippen molar-refractivity contribution in [1.29, 1.82) is 0 Å². The van der Waals surface area contributed by atoms with Crippen molar-refractivity contribution in [2.75, 3.05) is 24.6 Å². The summed E-state index contributed by atoms with van der Waals surface area (Å²) in [5, 5.41) is 0. The molecule has 0 atom stereocenters. The molecule has 0 aliphatic rings. The van der Waals surface area contributed by atoms with Crippen LogP contribution in [0.1, 0.15) is 26.3 Å². The fourth-order valence-electron chi connectivity index (χ4n) is 1.80. The van der Waals surface area contributed by atoms with Gasteiger partial charge in [-0.25, -0.2) is 0 Å². The van der Waals surface area contributed by atoms with Crippen LogP contribution in [0.3, 0.4) is 0 Å². The zero-order chi connectivity index (χ0) is 12.0. The third-order valence-corrected chi connectivity index (χ3v) is 2.63. The van der Waals surface area contributed by atoms with E-state index in [1.54, 1.807) is 0 Å². The molecule has 0 unspecified atom stereocenters. The van der Waals surface area contributed by atoms with Crippen LogP contribution < -0.4 is 9.64 Å². The molecular weight excluding hydrogens is 198 g/mol. The molecule has 0 saturated heterocycles. The molecule has 1 aromatic rings. The minimum absolute atomic E-state index is 0.696. The summed E-state index contributed by atoms with van der Waals surface area (Å²) in [5.41, 5.74) is 2.36. The summed E-state index contributed by atoms with van der Waals surface area (Å²) in [7, 11) is 0. The van der Waals surface area contributed by atoms with Crippen LogP contribution in [0.5, 0.6) is 5.75 Å². The standard InChI is InChI=1S/C14H21NO/c1-5-12-11-13(16-8-4)9-10-14(12)15(6-2)7-3/h5,9-11H,1,6-8H2,2-4H3. The van der Waals surface area contributed by atoms with Crippen LogP contribution in [0.2, 0.25) is 0 Å². The van der Waals surface area contributed by atoms with Gasteiger partial charge in [0.05, 0.1) is 6.61 Å². The Morgan fingerprint density at radius 1 is 1.25 bits per heavy atom. The van der Waals surface area contributed by atoms with E-state index in [-0.39, 0.29) is 0 Å². The van der Waals surface area contributed by atoms with Gasteiger partial charge in [0.25, 0.3) is 0 Å². The minimum Gasteiger partial charge on any atom is -0.494 e. The monoisotopic (exact) mass is 219 g/mol. The molecule has 0 spiro atoms. The van der Waals surface area contributed by atoms with Crippen molar-refractivity contribution < 1.29 is 4.74 Å². The largest absolute Gasteiger partial charge is 0.494 e. The van der Waals surface area contributed by atoms with Crippen molar-refractivity contribution in [2.45, 2.75) is 20.8 Å². The average molecular weight is 219 g/mol. The topological polar surface area (TPSA) is 12.5 Å². The van der Waals surface area contributed by atoms with Crippen LogP contribution in [0.15, 0.2) is 24.8 Å². The van der Waals surface area contributed by atoms with Gasteiger partial charge in [0.2, 0.25) is 0 Å². The maximum absolute atomic E-state index is 5.48. The van der Waals surface area contributed by atoms with E-state index >= 15 is 0 Å². The zero-order valence-electron chi connectivity index (χ0n) is 10.5. The average Bonchev–Trinajstić information content (AvgIpc) is 2.32. The minimum atomic E-state index is 0.696. The lowest BCUT2D eigenvalue weighted by molar-refractivity contribution is 0.340. The maximum atomic E-state index is 5.48. The second-order valence-electron chi connectivity index (χ2n) is 3.53. The quantitative estimate of drug-likeness (QED) is 0.725. The molecule has 0 fully saturated rings. The molecule has 0 aliphatic carbocycles. The Balaban J connectivity index is 3.05. The van der Waals surface area contributed by atoms with Crippen molar-refractivity contribution in [3.63, 3.8) is 0 Å². The number of ether oxygens (including phenoxy) is 1. The van der Waals surface area contributed by atoms with Crippen molar-refractivity contribution in [1.82, 2.24) is 0 Å². The lowest BCUT2D eigenvalue weighted by atomic mass is 10.1. The van der Waals surface area contributed by atoms with Gasteiger partial charge in [0.15, 0.2) is 0 Å². The molecule has 0 bridgehead atoms. The molecule has 2 heteroatoms. The van der Waals surface area contributed by atoms with Gasteiger partial charge in [-0.05, 0) is 39.0 Å². The molecular formula is C14H21NO.